The van der Waals surface area contributed by atoms with E-state index in [1.807, 2.05) is 6.07 Å². The van der Waals surface area contributed by atoms with Gasteiger partial charge in [0, 0.05) is 0 Å². The highest BCUT2D eigenvalue weighted by Gasteiger charge is 2.39. The van der Waals surface area contributed by atoms with Gasteiger partial charge in [-0.3, -0.25) is 0 Å². The Kier molecular flexibility index (Phi) is 3.54. The number of benzene rings is 1. The third-order valence-electron chi connectivity index (χ3n) is 4.56. The molecule has 0 aromatic heterocycles. The van der Waals surface area contributed by atoms with Crippen molar-refractivity contribution in [2.24, 2.45) is 5.92 Å². The molecule has 106 valence electrons. The minimum Gasteiger partial charge on any atom is -0.542 e. The monoisotopic (exact) mass is 280 g/mol. The van der Waals surface area contributed by atoms with Gasteiger partial charge in [0.05, 0.1) is 0 Å². The Morgan fingerprint density at radius 3 is 2.21 bits per heavy atom. The van der Waals surface area contributed by atoms with Crippen molar-refractivity contribution in [1.82, 2.24) is 0 Å². The van der Waals surface area contributed by atoms with Crippen molar-refractivity contribution in [3.63, 3.8) is 0 Å². The highest BCUT2D eigenvalue weighted by atomic mass is 28.4. The van der Waals surface area contributed by atoms with Crippen LogP contribution < -0.4 is 4.43 Å². The topological polar surface area (TPSA) is 9.23 Å². The fourth-order valence-corrected chi connectivity index (χ4v) is 3.36. The van der Waals surface area contributed by atoms with Crippen molar-refractivity contribution in [2.75, 3.05) is 0 Å². The standard InChI is InChI=1S/C16H25FOSi/c1-11-7-12-9-14(17)15(10-13(12)8-11)18-19(5,6)16(2,3)4/h9-11H,7-8H2,1-6H3. The molecule has 0 saturated heterocycles. The Labute approximate surface area is 117 Å². The summed E-state index contributed by atoms with van der Waals surface area (Å²) >= 11 is 0. The van der Waals surface area contributed by atoms with Gasteiger partial charge in [0.2, 0.25) is 0 Å². The lowest BCUT2D eigenvalue weighted by molar-refractivity contribution is 0.456. The molecule has 0 bridgehead atoms. The van der Waals surface area contributed by atoms with Crippen LogP contribution in [0.15, 0.2) is 12.1 Å². The zero-order valence-electron chi connectivity index (χ0n) is 12.9. The summed E-state index contributed by atoms with van der Waals surface area (Å²) < 4.78 is 20.3. The molecule has 0 heterocycles. The van der Waals surface area contributed by atoms with Crippen LogP contribution in [0.2, 0.25) is 18.1 Å². The van der Waals surface area contributed by atoms with Crippen LogP contribution in [0.1, 0.15) is 38.8 Å². The molecule has 2 rings (SSSR count). The molecule has 1 atom stereocenters. The highest BCUT2D eigenvalue weighted by molar-refractivity contribution is 6.74. The minimum absolute atomic E-state index is 0.0890. The Morgan fingerprint density at radius 1 is 1.16 bits per heavy atom. The third-order valence-corrected chi connectivity index (χ3v) is 8.90. The van der Waals surface area contributed by atoms with E-state index in [1.54, 1.807) is 6.07 Å². The van der Waals surface area contributed by atoms with Crippen LogP contribution in [0.25, 0.3) is 0 Å². The van der Waals surface area contributed by atoms with Crippen LogP contribution in [0, 0.1) is 11.7 Å². The number of rotatable bonds is 2. The van der Waals surface area contributed by atoms with E-state index in [0.717, 1.165) is 18.4 Å². The van der Waals surface area contributed by atoms with E-state index in [9.17, 15) is 4.39 Å². The Bertz CT molecular complexity index is 488. The predicted molar refractivity (Wildman–Crippen MR) is 80.8 cm³/mol. The second-order valence-electron chi connectivity index (χ2n) is 7.43. The first-order chi connectivity index (χ1) is 8.60. The molecule has 0 fully saturated rings. The second-order valence-corrected chi connectivity index (χ2v) is 12.2. The van der Waals surface area contributed by atoms with Crippen molar-refractivity contribution in [3.05, 3.63) is 29.1 Å². The van der Waals surface area contributed by atoms with Crippen LogP contribution in [-0.2, 0) is 12.8 Å². The fraction of sp³-hybridized carbons (Fsp3) is 0.625. The minimum atomic E-state index is -1.97. The molecule has 0 N–H and O–H groups in total. The normalized spacial score (nSPS) is 19.4. The quantitative estimate of drug-likeness (QED) is 0.697. The number of hydrogen-bond acceptors (Lipinski definition) is 1. The van der Waals surface area contributed by atoms with Gasteiger partial charge in [-0.1, -0.05) is 27.7 Å². The summed E-state index contributed by atoms with van der Waals surface area (Å²) in [6, 6.07) is 3.62. The highest BCUT2D eigenvalue weighted by Crippen LogP contribution is 2.39. The van der Waals surface area contributed by atoms with E-state index >= 15 is 0 Å². The van der Waals surface area contributed by atoms with Gasteiger partial charge in [-0.05, 0) is 60.2 Å². The molecule has 19 heavy (non-hydrogen) atoms. The van der Waals surface area contributed by atoms with E-state index < -0.39 is 8.32 Å². The van der Waals surface area contributed by atoms with Crippen LogP contribution in [0.4, 0.5) is 4.39 Å². The average Bonchev–Trinajstić information content (AvgIpc) is 2.55. The molecule has 1 unspecified atom stereocenters. The molecular formula is C16H25FOSi. The molecule has 0 amide bonds. The van der Waals surface area contributed by atoms with Crippen molar-refractivity contribution in [3.8, 4) is 5.75 Å². The van der Waals surface area contributed by atoms with Gasteiger partial charge < -0.3 is 4.43 Å². The molecule has 1 aromatic carbocycles. The first kappa shape index (κ1) is 14.6. The lowest BCUT2D eigenvalue weighted by atomic mass is 10.1. The molecular weight excluding hydrogens is 255 g/mol. The number of fused-ring (bicyclic) bond motifs is 1. The predicted octanol–water partition coefficient (Wildman–Crippen LogP) is 4.94. The average molecular weight is 280 g/mol. The van der Waals surface area contributed by atoms with E-state index in [4.69, 9.17) is 4.43 Å². The summed E-state index contributed by atoms with van der Waals surface area (Å²) in [5, 5.41) is 0.0890. The lowest BCUT2D eigenvalue weighted by Gasteiger charge is -2.36. The van der Waals surface area contributed by atoms with Gasteiger partial charge in [0.25, 0.3) is 8.32 Å². The van der Waals surface area contributed by atoms with Gasteiger partial charge in [-0.2, -0.15) is 0 Å². The summed E-state index contributed by atoms with van der Waals surface area (Å²) in [5.74, 6) is 0.884. The van der Waals surface area contributed by atoms with Crippen LogP contribution >= 0.6 is 0 Å². The molecule has 1 nitrogen and oxygen atoms in total. The zero-order valence-corrected chi connectivity index (χ0v) is 13.9. The van der Waals surface area contributed by atoms with Crippen molar-refractivity contribution >= 4 is 8.32 Å². The third kappa shape index (κ3) is 2.86. The van der Waals surface area contributed by atoms with Gasteiger partial charge >= 0.3 is 0 Å². The van der Waals surface area contributed by atoms with E-state index in [-0.39, 0.29) is 10.9 Å². The molecule has 0 aliphatic heterocycles. The van der Waals surface area contributed by atoms with E-state index in [0.29, 0.717) is 11.7 Å². The van der Waals surface area contributed by atoms with Gasteiger partial charge in [-0.15, -0.1) is 0 Å². The van der Waals surface area contributed by atoms with E-state index in [2.05, 4.69) is 40.8 Å². The fourth-order valence-electron chi connectivity index (χ4n) is 2.35. The molecule has 0 saturated carbocycles. The first-order valence-electron chi connectivity index (χ1n) is 7.10. The smallest absolute Gasteiger partial charge is 0.250 e. The van der Waals surface area contributed by atoms with Crippen molar-refractivity contribution in [1.29, 1.82) is 0 Å². The van der Waals surface area contributed by atoms with Crippen molar-refractivity contribution < 1.29 is 8.82 Å². The summed E-state index contributed by atoms with van der Waals surface area (Å²) in [5.41, 5.74) is 2.43. The lowest BCUT2D eigenvalue weighted by Crippen LogP contribution is -2.44. The Balaban J connectivity index is 2.30. The largest absolute Gasteiger partial charge is 0.542 e. The maximum Gasteiger partial charge on any atom is 0.250 e. The zero-order chi connectivity index (χ0) is 14.4. The van der Waals surface area contributed by atoms with Crippen LogP contribution in [-0.4, -0.2) is 8.32 Å². The summed E-state index contributed by atoms with van der Waals surface area (Å²) in [6.07, 6.45) is 2.04. The van der Waals surface area contributed by atoms with E-state index in [1.165, 1.54) is 5.56 Å². The summed E-state index contributed by atoms with van der Waals surface area (Å²) in [4.78, 5) is 0. The molecule has 0 spiro atoms. The molecule has 1 aliphatic rings. The van der Waals surface area contributed by atoms with Crippen molar-refractivity contribution in [2.45, 2.75) is 58.7 Å². The second kappa shape index (κ2) is 4.62. The molecule has 3 heteroatoms. The maximum absolute atomic E-state index is 14.2. The first-order valence-corrected chi connectivity index (χ1v) is 10.0. The Hall–Kier alpha value is -0.833. The van der Waals surface area contributed by atoms with Gasteiger partial charge in [0.1, 0.15) is 5.75 Å². The van der Waals surface area contributed by atoms with Gasteiger partial charge in [0.15, 0.2) is 5.82 Å². The Morgan fingerprint density at radius 2 is 1.68 bits per heavy atom. The molecule has 1 aromatic rings. The summed E-state index contributed by atoms with van der Waals surface area (Å²) in [6.45, 7) is 13.0. The molecule has 0 radical (unpaired) electrons. The SMILES string of the molecule is CC1Cc2cc(F)c(O[Si](C)(C)C(C)(C)C)cc2C1. The molecule has 1 aliphatic carbocycles. The number of halogens is 1. The van der Waals surface area contributed by atoms with Gasteiger partial charge in [-0.25, -0.2) is 4.39 Å². The van der Waals surface area contributed by atoms with Crippen LogP contribution in [0.3, 0.4) is 0 Å². The summed E-state index contributed by atoms with van der Waals surface area (Å²) in [7, 11) is -1.97. The maximum atomic E-state index is 14.2. The van der Waals surface area contributed by atoms with Crippen LogP contribution in [0.5, 0.6) is 5.75 Å². The number of hydrogen-bond donors (Lipinski definition) is 0.